The van der Waals surface area contributed by atoms with Crippen molar-refractivity contribution in [3.63, 3.8) is 0 Å². The maximum atomic E-state index is 12.1. The van der Waals surface area contributed by atoms with Crippen LogP contribution >= 0.6 is 15.9 Å². The molecule has 5 heteroatoms. The lowest BCUT2D eigenvalue weighted by Gasteiger charge is -2.16. The predicted octanol–water partition coefficient (Wildman–Crippen LogP) is 3.71. The van der Waals surface area contributed by atoms with Crippen LogP contribution in [0.2, 0.25) is 0 Å². The molecule has 1 aromatic rings. The summed E-state index contributed by atoms with van der Waals surface area (Å²) in [5, 5.41) is 0. The van der Waals surface area contributed by atoms with Crippen LogP contribution < -0.4 is 5.73 Å². The summed E-state index contributed by atoms with van der Waals surface area (Å²) in [5.41, 5.74) is 6.94. The van der Waals surface area contributed by atoms with Crippen molar-refractivity contribution >= 4 is 15.9 Å². The van der Waals surface area contributed by atoms with Crippen LogP contribution in [0.15, 0.2) is 22.7 Å². The molecule has 0 aliphatic rings. The van der Waals surface area contributed by atoms with Crippen molar-refractivity contribution in [3.8, 4) is 0 Å². The molecular formula is C10H11BrF3N. The lowest BCUT2D eigenvalue weighted by molar-refractivity contribution is -0.138. The van der Waals surface area contributed by atoms with Gasteiger partial charge < -0.3 is 5.73 Å². The van der Waals surface area contributed by atoms with Crippen molar-refractivity contribution in [1.29, 1.82) is 0 Å². The number of rotatable bonds is 2. The van der Waals surface area contributed by atoms with E-state index in [2.05, 4.69) is 15.9 Å². The van der Waals surface area contributed by atoms with Crippen LogP contribution in [0.5, 0.6) is 0 Å². The summed E-state index contributed by atoms with van der Waals surface area (Å²) in [6.07, 6.45) is -5.24. The molecule has 0 fully saturated rings. The molecule has 0 saturated heterocycles. The molecule has 0 saturated carbocycles. The predicted molar refractivity (Wildman–Crippen MR) is 56.5 cm³/mol. The second-order valence-electron chi connectivity index (χ2n) is 3.45. The highest BCUT2D eigenvalue weighted by atomic mass is 79.9. The summed E-state index contributed by atoms with van der Waals surface area (Å²) in [7, 11) is 0. The van der Waals surface area contributed by atoms with E-state index in [4.69, 9.17) is 5.73 Å². The zero-order valence-corrected chi connectivity index (χ0v) is 9.69. The summed E-state index contributed by atoms with van der Waals surface area (Å²) in [6.45, 7) is 1.86. The molecule has 1 atom stereocenters. The smallest absolute Gasteiger partial charge is 0.324 e. The fourth-order valence-corrected chi connectivity index (χ4v) is 2.08. The molecular weight excluding hydrogens is 271 g/mol. The Hall–Kier alpha value is -0.550. The molecule has 0 spiro atoms. The van der Waals surface area contributed by atoms with Crippen molar-refractivity contribution in [2.45, 2.75) is 25.6 Å². The third kappa shape index (κ3) is 3.83. The van der Waals surface area contributed by atoms with Crippen LogP contribution in [0.4, 0.5) is 13.2 Å². The zero-order valence-electron chi connectivity index (χ0n) is 8.11. The normalized spacial score (nSPS) is 14.0. The van der Waals surface area contributed by atoms with Crippen LogP contribution in [0.3, 0.4) is 0 Å². The van der Waals surface area contributed by atoms with E-state index in [0.29, 0.717) is 10.0 Å². The van der Waals surface area contributed by atoms with Gasteiger partial charge in [0.2, 0.25) is 0 Å². The SMILES string of the molecule is Cc1ccc([C@H](N)CC(F)(F)F)c(Br)c1. The first kappa shape index (κ1) is 12.5. The van der Waals surface area contributed by atoms with E-state index < -0.39 is 18.6 Å². The van der Waals surface area contributed by atoms with Gasteiger partial charge in [-0.05, 0) is 24.1 Å². The Labute approximate surface area is 94.6 Å². The van der Waals surface area contributed by atoms with Crippen LogP contribution in [-0.4, -0.2) is 6.18 Å². The molecule has 0 aliphatic heterocycles. The number of hydrogen-bond acceptors (Lipinski definition) is 1. The first-order valence-electron chi connectivity index (χ1n) is 4.38. The summed E-state index contributed by atoms with van der Waals surface area (Å²) in [5.74, 6) is 0. The third-order valence-electron chi connectivity index (χ3n) is 2.01. The number of nitrogens with two attached hydrogens (primary N) is 1. The Bertz CT molecular complexity index is 349. The van der Waals surface area contributed by atoms with Crippen molar-refractivity contribution in [1.82, 2.24) is 0 Å². The quantitative estimate of drug-likeness (QED) is 0.879. The van der Waals surface area contributed by atoms with Crippen molar-refractivity contribution in [2.75, 3.05) is 0 Å². The van der Waals surface area contributed by atoms with Gasteiger partial charge in [0.15, 0.2) is 0 Å². The Morgan fingerprint density at radius 1 is 1.40 bits per heavy atom. The minimum atomic E-state index is -4.23. The van der Waals surface area contributed by atoms with Gasteiger partial charge in [0, 0.05) is 10.5 Å². The van der Waals surface area contributed by atoms with E-state index in [1.54, 1.807) is 18.2 Å². The van der Waals surface area contributed by atoms with Gasteiger partial charge in [0.1, 0.15) is 0 Å². The number of benzene rings is 1. The van der Waals surface area contributed by atoms with Gasteiger partial charge in [0.25, 0.3) is 0 Å². The molecule has 0 unspecified atom stereocenters. The van der Waals surface area contributed by atoms with Crippen molar-refractivity contribution in [3.05, 3.63) is 33.8 Å². The largest absolute Gasteiger partial charge is 0.390 e. The monoisotopic (exact) mass is 281 g/mol. The second-order valence-corrected chi connectivity index (χ2v) is 4.31. The highest BCUT2D eigenvalue weighted by Gasteiger charge is 2.31. The molecule has 0 heterocycles. The summed E-state index contributed by atoms with van der Waals surface area (Å²) < 4.78 is 36.9. The molecule has 0 aromatic heterocycles. The zero-order chi connectivity index (χ0) is 11.6. The Morgan fingerprint density at radius 3 is 2.47 bits per heavy atom. The molecule has 84 valence electrons. The Morgan fingerprint density at radius 2 is 2.00 bits per heavy atom. The van der Waals surface area contributed by atoms with E-state index in [1.165, 1.54) is 0 Å². The van der Waals surface area contributed by atoms with Gasteiger partial charge in [-0.2, -0.15) is 13.2 Å². The fraction of sp³-hybridized carbons (Fsp3) is 0.400. The highest BCUT2D eigenvalue weighted by molar-refractivity contribution is 9.10. The molecule has 0 bridgehead atoms. The lowest BCUT2D eigenvalue weighted by atomic mass is 10.0. The standard InChI is InChI=1S/C10H11BrF3N/c1-6-2-3-7(8(11)4-6)9(15)5-10(12,13)14/h2-4,9H,5,15H2,1H3/t9-/m1/s1. The first-order valence-corrected chi connectivity index (χ1v) is 5.17. The van der Waals surface area contributed by atoms with Crippen LogP contribution in [0.1, 0.15) is 23.6 Å². The summed E-state index contributed by atoms with van der Waals surface area (Å²) >= 11 is 3.21. The topological polar surface area (TPSA) is 26.0 Å². The van der Waals surface area contributed by atoms with Gasteiger partial charge >= 0.3 is 6.18 Å². The van der Waals surface area contributed by atoms with E-state index >= 15 is 0 Å². The van der Waals surface area contributed by atoms with E-state index in [1.807, 2.05) is 6.92 Å². The molecule has 1 aromatic carbocycles. The average molecular weight is 282 g/mol. The first-order chi connectivity index (χ1) is 6.79. The number of halogens is 4. The summed E-state index contributed by atoms with van der Waals surface area (Å²) in [4.78, 5) is 0. The van der Waals surface area contributed by atoms with Gasteiger partial charge in [-0.25, -0.2) is 0 Å². The van der Waals surface area contributed by atoms with Gasteiger partial charge in [-0.1, -0.05) is 28.1 Å². The maximum absolute atomic E-state index is 12.1. The molecule has 0 amide bonds. The van der Waals surface area contributed by atoms with Crippen LogP contribution in [-0.2, 0) is 0 Å². The molecule has 2 N–H and O–H groups in total. The number of alkyl halides is 3. The molecule has 0 radical (unpaired) electrons. The fourth-order valence-electron chi connectivity index (χ4n) is 1.29. The highest BCUT2D eigenvalue weighted by Crippen LogP contribution is 2.31. The average Bonchev–Trinajstić information content (AvgIpc) is 1.99. The number of hydrogen-bond donors (Lipinski definition) is 1. The van der Waals surface area contributed by atoms with Gasteiger partial charge in [-0.3, -0.25) is 0 Å². The maximum Gasteiger partial charge on any atom is 0.390 e. The van der Waals surface area contributed by atoms with E-state index in [9.17, 15) is 13.2 Å². The molecule has 1 nitrogen and oxygen atoms in total. The minimum absolute atomic E-state index is 0.484. The molecule has 15 heavy (non-hydrogen) atoms. The van der Waals surface area contributed by atoms with Crippen molar-refractivity contribution in [2.24, 2.45) is 5.73 Å². The van der Waals surface area contributed by atoms with Crippen LogP contribution in [0, 0.1) is 6.92 Å². The second kappa shape index (κ2) is 4.53. The van der Waals surface area contributed by atoms with E-state index in [-0.39, 0.29) is 0 Å². The third-order valence-corrected chi connectivity index (χ3v) is 2.69. The van der Waals surface area contributed by atoms with Gasteiger partial charge in [-0.15, -0.1) is 0 Å². The van der Waals surface area contributed by atoms with Gasteiger partial charge in [0.05, 0.1) is 6.42 Å². The Kier molecular flexibility index (Phi) is 3.78. The molecule has 1 rings (SSSR count). The lowest BCUT2D eigenvalue weighted by Crippen LogP contribution is -2.20. The minimum Gasteiger partial charge on any atom is -0.324 e. The van der Waals surface area contributed by atoms with E-state index in [0.717, 1.165) is 5.56 Å². The Balaban J connectivity index is 2.87. The van der Waals surface area contributed by atoms with Crippen LogP contribution in [0.25, 0.3) is 0 Å². The van der Waals surface area contributed by atoms with Crippen molar-refractivity contribution < 1.29 is 13.2 Å². The summed E-state index contributed by atoms with van der Waals surface area (Å²) in [6, 6.07) is 4.11. The number of aryl methyl sites for hydroxylation is 1. The molecule has 0 aliphatic carbocycles.